The van der Waals surface area contributed by atoms with E-state index in [-0.39, 0.29) is 0 Å². The molecule has 0 saturated carbocycles. The number of rotatable bonds is 4. The first kappa shape index (κ1) is 9.30. The van der Waals surface area contributed by atoms with Crippen molar-refractivity contribution >= 4 is 0 Å². The van der Waals surface area contributed by atoms with Crippen molar-refractivity contribution < 1.29 is 0 Å². The minimum absolute atomic E-state index is 1.05. The fraction of sp³-hybridized carbons (Fsp3) is 0.700. The fourth-order valence-corrected chi connectivity index (χ4v) is 1.44. The van der Waals surface area contributed by atoms with Crippen LogP contribution >= 0.6 is 0 Å². The zero-order valence-electron chi connectivity index (χ0n) is 8.28. The number of aryl methyl sites for hydroxylation is 3. The molecule has 0 aliphatic rings. The highest BCUT2D eigenvalue weighted by molar-refractivity contribution is 5.14. The molecule has 0 radical (unpaired) electrons. The van der Waals surface area contributed by atoms with Crippen molar-refractivity contribution in [2.45, 2.75) is 46.5 Å². The average molecular weight is 166 g/mol. The van der Waals surface area contributed by atoms with Crippen molar-refractivity contribution in [3.63, 3.8) is 0 Å². The van der Waals surface area contributed by atoms with Gasteiger partial charge in [-0.2, -0.15) is 0 Å². The molecule has 0 amide bonds. The SMILES string of the molecule is CCCCc1[nH]c(C)nc1CC. The lowest BCUT2D eigenvalue weighted by Gasteiger charge is -1.97. The third-order valence-electron chi connectivity index (χ3n) is 2.10. The van der Waals surface area contributed by atoms with Gasteiger partial charge in [-0.25, -0.2) is 4.98 Å². The number of hydrogen-bond donors (Lipinski definition) is 1. The van der Waals surface area contributed by atoms with Crippen LogP contribution in [0.5, 0.6) is 0 Å². The van der Waals surface area contributed by atoms with Crippen molar-refractivity contribution in [3.8, 4) is 0 Å². The second-order valence-corrected chi connectivity index (χ2v) is 3.20. The lowest BCUT2D eigenvalue weighted by Crippen LogP contribution is -1.91. The van der Waals surface area contributed by atoms with Crippen LogP contribution < -0.4 is 0 Å². The molecule has 1 heterocycles. The van der Waals surface area contributed by atoms with Crippen LogP contribution in [0.4, 0.5) is 0 Å². The predicted molar refractivity (Wildman–Crippen MR) is 51.3 cm³/mol. The van der Waals surface area contributed by atoms with Gasteiger partial charge in [-0.1, -0.05) is 20.3 Å². The standard InChI is InChI=1S/C10H18N2/c1-4-6-7-10-9(5-2)11-8(3)12-10/h4-7H2,1-3H3,(H,11,12). The van der Waals surface area contributed by atoms with E-state index < -0.39 is 0 Å². The van der Waals surface area contributed by atoms with Crippen LogP contribution in [0.15, 0.2) is 0 Å². The first-order valence-corrected chi connectivity index (χ1v) is 4.82. The third kappa shape index (κ3) is 2.10. The zero-order valence-corrected chi connectivity index (χ0v) is 8.28. The maximum atomic E-state index is 4.43. The van der Waals surface area contributed by atoms with Gasteiger partial charge in [0.15, 0.2) is 0 Å². The number of H-pyrrole nitrogens is 1. The molecule has 2 heteroatoms. The summed E-state index contributed by atoms with van der Waals surface area (Å²) in [5, 5.41) is 0. The number of hydrogen-bond acceptors (Lipinski definition) is 1. The van der Waals surface area contributed by atoms with Crippen LogP contribution in [0, 0.1) is 6.92 Å². The topological polar surface area (TPSA) is 28.7 Å². The highest BCUT2D eigenvalue weighted by Gasteiger charge is 2.04. The van der Waals surface area contributed by atoms with Crippen LogP contribution in [-0.4, -0.2) is 9.97 Å². The molecule has 12 heavy (non-hydrogen) atoms. The number of nitrogens with zero attached hydrogens (tertiary/aromatic N) is 1. The quantitative estimate of drug-likeness (QED) is 0.731. The Balaban J connectivity index is 2.68. The summed E-state index contributed by atoms with van der Waals surface area (Å²) in [5.74, 6) is 1.05. The van der Waals surface area contributed by atoms with E-state index >= 15 is 0 Å². The van der Waals surface area contributed by atoms with E-state index in [0.717, 1.165) is 18.7 Å². The van der Waals surface area contributed by atoms with Crippen LogP contribution in [0.1, 0.15) is 43.9 Å². The Morgan fingerprint density at radius 1 is 1.33 bits per heavy atom. The average Bonchev–Trinajstić information content (AvgIpc) is 2.42. The highest BCUT2D eigenvalue weighted by Crippen LogP contribution is 2.09. The molecule has 0 aliphatic heterocycles. The molecule has 0 atom stereocenters. The first-order valence-electron chi connectivity index (χ1n) is 4.82. The third-order valence-corrected chi connectivity index (χ3v) is 2.10. The van der Waals surface area contributed by atoms with Crippen molar-refractivity contribution in [1.29, 1.82) is 0 Å². The molecule has 0 spiro atoms. The summed E-state index contributed by atoms with van der Waals surface area (Å²) in [4.78, 5) is 7.75. The smallest absolute Gasteiger partial charge is 0.103 e. The number of aromatic amines is 1. The van der Waals surface area contributed by atoms with E-state index in [0.29, 0.717) is 0 Å². The van der Waals surface area contributed by atoms with Crippen molar-refractivity contribution in [3.05, 3.63) is 17.2 Å². The lowest BCUT2D eigenvalue weighted by atomic mass is 10.1. The van der Waals surface area contributed by atoms with E-state index in [1.807, 2.05) is 6.92 Å². The molecule has 0 fully saturated rings. The Morgan fingerprint density at radius 2 is 2.08 bits per heavy atom. The molecule has 0 saturated heterocycles. The predicted octanol–water partition coefficient (Wildman–Crippen LogP) is 2.62. The van der Waals surface area contributed by atoms with Gasteiger partial charge in [0.25, 0.3) is 0 Å². The molecular weight excluding hydrogens is 148 g/mol. The zero-order chi connectivity index (χ0) is 8.97. The molecule has 0 unspecified atom stereocenters. The summed E-state index contributed by atoms with van der Waals surface area (Å²) in [6.07, 6.45) is 4.71. The molecule has 0 bridgehead atoms. The Labute approximate surface area is 74.4 Å². The second-order valence-electron chi connectivity index (χ2n) is 3.20. The maximum absolute atomic E-state index is 4.43. The van der Waals surface area contributed by atoms with E-state index in [4.69, 9.17) is 0 Å². The van der Waals surface area contributed by atoms with Crippen molar-refractivity contribution in [2.75, 3.05) is 0 Å². The first-order chi connectivity index (χ1) is 5.77. The summed E-state index contributed by atoms with van der Waals surface area (Å²) in [7, 11) is 0. The molecule has 1 aromatic heterocycles. The van der Waals surface area contributed by atoms with Gasteiger partial charge in [0.05, 0.1) is 5.69 Å². The minimum atomic E-state index is 1.05. The molecule has 1 N–H and O–H groups in total. The fourth-order valence-electron chi connectivity index (χ4n) is 1.44. The molecule has 1 aromatic rings. The summed E-state index contributed by atoms with van der Waals surface area (Å²) < 4.78 is 0. The van der Waals surface area contributed by atoms with Gasteiger partial charge in [-0.3, -0.25) is 0 Å². The molecule has 0 aliphatic carbocycles. The Bertz CT molecular complexity index is 238. The van der Waals surface area contributed by atoms with Gasteiger partial charge in [0.2, 0.25) is 0 Å². The van der Waals surface area contributed by atoms with Gasteiger partial charge >= 0.3 is 0 Å². The van der Waals surface area contributed by atoms with Crippen LogP contribution in [0.3, 0.4) is 0 Å². The molecular formula is C10H18N2. The monoisotopic (exact) mass is 166 g/mol. The second kappa shape index (κ2) is 4.29. The van der Waals surface area contributed by atoms with Crippen LogP contribution in [0.2, 0.25) is 0 Å². The van der Waals surface area contributed by atoms with Gasteiger partial charge in [0.1, 0.15) is 5.82 Å². The number of unbranched alkanes of at least 4 members (excludes halogenated alkanes) is 1. The summed E-state index contributed by atoms with van der Waals surface area (Å²) in [6, 6.07) is 0. The highest BCUT2D eigenvalue weighted by atomic mass is 14.9. The van der Waals surface area contributed by atoms with E-state index in [1.54, 1.807) is 0 Å². The molecule has 2 nitrogen and oxygen atoms in total. The molecule has 0 aromatic carbocycles. The van der Waals surface area contributed by atoms with Gasteiger partial charge < -0.3 is 4.98 Å². The Kier molecular flexibility index (Phi) is 3.32. The number of nitrogens with one attached hydrogen (secondary N) is 1. The van der Waals surface area contributed by atoms with Crippen LogP contribution in [0.25, 0.3) is 0 Å². The van der Waals surface area contributed by atoms with Gasteiger partial charge in [-0.15, -0.1) is 0 Å². The normalized spacial score (nSPS) is 10.6. The van der Waals surface area contributed by atoms with Crippen LogP contribution in [-0.2, 0) is 12.8 Å². The van der Waals surface area contributed by atoms with E-state index in [1.165, 1.54) is 24.2 Å². The Hall–Kier alpha value is -0.790. The van der Waals surface area contributed by atoms with Crippen molar-refractivity contribution in [2.24, 2.45) is 0 Å². The van der Waals surface area contributed by atoms with Gasteiger partial charge in [0, 0.05) is 5.69 Å². The summed E-state index contributed by atoms with van der Waals surface area (Å²) in [5.41, 5.74) is 2.60. The minimum Gasteiger partial charge on any atom is -0.346 e. The number of imidazole rings is 1. The molecule has 68 valence electrons. The number of aromatic nitrogens is 2. The molecule has 1 rings (SSSR count). The van der Waals surface area contributed by atoms with Crippen molar-refractivity contribution in [1.82, 2.24) is 9.97 Å². The maximum Gasteiger partial charge on any atom is 0.103 e. The summed E-state index contributed by atoms with van der Waals surface area (Å²) >= 11 is 0. The Morgan fingerprint density at radius 3 is 2.67 bits per heavy atom. The van der Waals surface area contributed by atoms with Gasteiger partial charge in [-0.05, 0) is 26.2 Å². The lowest BCUT2D eigenvalue weighted by molar-refractivity contribution is 0.770. The van der Waals surface area contributed by atoms with E-state index in [9.17, 15) is 0 Å². The van der Waals surface area contributed by atoms with E-state index in [2.05, 4.69) is 23.8 Å². The summed E-state index contributed by atoms with van der Waals surface area (Å²) in [6.45, 7) is 6.40. The largest absolute Gasteiger partial charge is 0.346 e.